The molecular weight excluding hydrogens is 492 g/mol. The predicted octanol–water partition coefficient (Wildman–Crippen LogP) is 6.16. The van der Waals surface area contributed by atoms with Gasteiger partial charge in [0.2, 0.25) is 0 Å². The lowest BCUT2D eigenvalue weighted by molar-refractivity contribution is -0.00580. The molecule has 7 rings (SSSR count). The average molecular weight is 539 g/mol. The summed E-state index contributed by atoms with van der Waals surface area (Å²) in [5.41, 5.74) is 0. The zero-order valence-electron chi connectivity index (χ0n) is 24.1. The highest BCUT2D eigenvalue weighted by Gasteiger charge is 2.64. The van der Waals surface area contributed by atoms with Gasteiger partial charge >= 0.3 is 0 Å². The van der Waals surface area contributed by atoms with Gasteiger partial charge in [-0.05, 0) is 101 Å². The van der Waals surface area contributed by atoms with Crippen molar-refractivity contribution >= 4 is 0 Å². The van der Waals surface area contributed by atoms with Crippen LogP contribution in [0, 0.1) is 92.7 Å². The summed E-state index contributed by atoms with van der Waals surface area (Å²) in [7, 11) is 0. The van der Waals surface area contributed by atoms with Gasteiger partial charge in [-0.2, -0.15) is 21.0 Å². The molecule has 5 saturated carbocycles. The smallest absolute Gasteiger partial charge is 0.0656 e. The second-order valence-electron chi connectivity index (χ2n) is 14.8. The van der Waals surface area contributed by atoms with E-state index in [1.165, 1.54) is 64.2 Å². The maximum Gasteiger partial charge on any atom is 0.0656 e. The summed E-state index contributed by atoms with van der Waals surface area (Å²) < 4.78 is 0. The van der Waals surface area contributed by atoms with Crippen LogP contribution in [-0.4, -0.2) is 46.1 Å². The third kappa shape index (κ3) is 4.29. The Hall–Kier alpha value is -2.12. The Balaban J connectivity index is 1.26. The highest BCUT2D eigenvalue weighted by atomic mass is 15.3. The number of likely N-dealkylation sites (tertiary alicyclic amines) is 2. The van der Waals surface area contributed by atoms with Gasteiger partial charge < -0.3 is 0 Å². The second-order valence-corrected chi connectivity index (χ2v) is 14.8. The van der Waals surface area contributed by atoms with Gasteiger partial charge in [-0.1, -0.05) is 25.7 Å². The Labute approximate surface area is 241 Å². The molecule has 0 amide bonds. The van der Waals surface area contributed by atoms with Crippen molar-refractivity contribution in [3.05, 3.63) is 0 Å². The van der Waals surface area contributed by atoms with Crippen molar-refractivity contribution in [3.63, 3.8) is 0 Å². The molecule has 0 aromatic rings. The zero-order valence-corrected chi connectivity index (χ0v) is 24.1. The van der Waals surface area contributed by atoms with Crippen molar-refractivity contribution in [3.8, 4) is 24.3 Å². The van der Waals surface area contributed by atoms with Crippen LogP contribution in [-0.2, 0) is 0 Å². The first-order chi connectivity index (χ1) is 19.6. The van der Waals surface area contributed by atoms with Crippen molar-refractivity contribution < 1.29 is 0 Å². The van der Waals surface area contributed by atoms with Gasteiger partial charge in [-0.3, -0.25) is 9.80 Å². The molecule has 12 atom stereocenters. The van der Waals surface area contributed by atoms with E-state index in [4.69, 9.17) is 0 Å². The number of rotatable bonds is 2. The molecule has 0 spiro atoms. The van der Waals surface area contributed by atoms with Crippen LogP contribution in [0.2, 0.25) is 0 Å². The van der Waals surface area contributed by atoms with E-state index in [9.17, 15) is 21.0 Å². The average Bonchev–Trinajstić information content (AvgIpc) is 3.53. The number of fused-ring (bicyclic) bond motifs is 7. The maximum absolute atomic E-state index is 9.97. The Kier molecular flexibility index (Phi) is 7.32. The summed E-state index contributed by atoms with van der Waals surface area (Å²) in [5, 5.41) is 39.7. The van der Waals surface area contributed by atoms with E-state index < -0.39 is 0 Å². The molecule has 0 N–H and O–H groups in total. The molecule has 7 aliphatic rings. The molecule has 0 radical (unpaired) electrons. The van der Waals surface area contributed by atoms with Crippen molar-refractivity contribution in [1.29, 1.82) is 21.0 Å². The standard InChI is InChI=1S/C34H46N6/c35-17-21-11-22(18-36)14-25(13-21)39-31-8-4-2-6-29(31)33-32(39)10-9-28-27-5-1-3-7-30(27)40(34(28)33)26-15-23(19-37)12-24(16-26)20-38/h21-34H,1-16H2. The van der Waals surface area contributed by atoms with Crippen LogP contribution < -0.4 is 0 Å². The summed E-state index contributed by atoms with van der Waals surface area (Å²) in [6.45, 7) is 0. The van der Waals surface area contributed by atoms with Gasteiger partial charge in [0, 0.05) is 59.9 Å². The van der Waals surface area contributed by atoms with Gasteiger partial charge in [0.15, 0.2) is 0 Å². The molecule has 2 aliphatic heterocycles. The van der Waals surface area contributed by atoms with Gasteiger partial charge in [-0.15, -0.1) is 0 Å². The molecule has 0 bridgehead atoms. The van der Waals surface area contributed by atoms with Crippen molar-refractivity contribution in [2.75, 3.05) is 0 Å². The summed E-state index contributed by atoms with van der Waals surface area (Å²) in [5.74, 6) is 3.00. The van der Waals surface area contributed by atoms with Crippen LogP contribution >= 0.6 is 0 Å². The summed E-state index contributed by atoms with van der Waals surface area (Å²) >= 11 is 0. The fraction of sp³-hybridized carbons (Fsp3) is 0.882. The molecule has 0 aromatic carbocycles. The summed E-state index contributed by atoms with van der Waals surface area (Å²) in [4.78, 5) is 5.95. The molecular formula is C34H46N6. The third-order valence-electron chi connectivity index (χ3n) is 13.1. The SMILES string of the molecule is N#CC1CC(C#N)CC(N2C3CCCCC3C3C2CCC2C4CCCCC4N(C4CC(C#N)CC(C#N)C4)C23)C1. The van der Waals surface area contributed by atoms with Gasteiger partial charge in [0.05, 0.1) is 24.3 Å². The van der Waals surface area contributed by atoms with Crippen LogP contribution in [0.4, 0.5) is 0 Å². The second kappa shape index (κ2) is 10.9. The molecule has 0 aromatic heterocycles. The molecule has 40 heavy (non-hydrogen) atoms. The van der Waals surface area contributed by atoms with E-state index >= 15 is 0 Å². The summed E-state index contributed by atoms with van der Waals surface area (Å²) in [6.07, 6.45) is 18.5. The molecule has 2 saturated heterocycles. The molecule has 2 heterocycles. The molecule has 5 aliphatic carbocycles. The van der Waals surface area contributed by atoms with E-state index in [0.29, 0.717) is 42.2 Å². The monoisotopic (exact) mass is 538 g/mol. The predicted molar refractivity (Wildman–Crippen MR) is 151 cm³/mol. The Morgan fingerprint density at radius 3 is 1.45 bits per heavy atom. The fourth-order valence-electron chi connectivity index (χ4n) is 12.0. The number of hydrogen-bond acceptors (Lipinski definition) is 6. The Morgan fingerprint density at radius 2 is 0.900 bits per heavy atom. The van der Waals surface area contributed by atoms with Crippen LogP contribution in [0.5, 0.6) is 0 Å². The minimum atomic E-state index is 0.0134. The van der Waals surface area contributed by atoms with E-state index in [0.717, 1.165) is 56.3 Å². The third-order valence-corrected chi connectivity index (χ3v) is 13.1. The molecule has 212 valence electrons. The van der Waals surface area contributed by atoms with Crippen LogP contribution in [0.3, 0.4) is 0 Å². The Bertz CT molecular complexity index is 1080. The van der Waals surface area contributed by atoms with Gasteiger partial charge in [0.25, 0.3) is 0 Å². The highest BCUT2D eigenvalue weighted by molar-refractivity contribution is 5.18. The van der Waals surface area contributed by atoms with Crippen molar-refractivity contribution in [2.45, 2.75) is 139 Å². The Morgan fingerprint density at radius 1 is 0.425 bits per heavy atom. The van der Waals surface area contributed by atoms with E-state index in [1.807, 2.05) is 0 Å². The largest absolute Gasteiger partial charge is 0.294 e. The van der Waals surface area contributed by atoms with Crippen molar-refractivity contribution in [1.82, 2.24) is 9.80 Å². The van der Waals surface area contributed by atoms with Crippen LogP contribution in [0.25, 0.3) is 0 Å². The molecule has 12 unspecified atom stereocenters. The van der Waals surface area contributed by atoms with E-state index in [1.54, 1.807) is 0 Å². The van der Waals surface area contributed by atoms with E-state index in [2.05, 4.69) is 34.1 Å². The molecule has 6 heteroatoms. The van der Waals surface area contributed by atoms with Crippen LogP contribution in [0.1, 0.15) is 103 Å². The first-order valence-electron chi connectivity index (χ1n) is 16.8. The normalized spacial score (nSPS) is 50.6. The number of hydrogen-bond donors (Lipinski definition) is 0. The first-order valence-corrected chi connectivity index (χ1v) is 16.8. The van der Waals surface area contributed by atoms with Crippen LogP contribution in [0.15, 0.2) is 0 Å². The minimum absolute atomic E-state index is 0.0134. The lowest BCUT2D eigenvalue weighted by Gasteiger charge is -2.49. The van der Waals surface area contributed by atoms with Crippen molar-refractivity contribution in [2.24, 2.45) is 47.3 Å². The van der Waals surface area contributed by atoms with E-state index in [-0.39, 0.29) is 23.7 Å². The minimum Gasteiger partial charge on any atom is -0.294 e. The first kappa shape index (κ1) is 26.8. The molecule has 7 fully saturated rings. The highest BCUT2D eigenvalue weighted by Crippen LogP contribution is 2.60. The summed E-state index contributed by atoms with van der Waals surface area (Å²) in [6, 6.07) is 13.5. The topological polar surface area (TPSA) is 102 Å². The molecule has 6 nitrogen and oxygen atoms in total. The maximum atomic E-state index is 9.97. The number of nitrogens with zero attached hydrogens (tertiary/aromatic N) is 6. The lowest BCUT2D eigenvalue weighted by Crippen LogP contribution is -2.56. The lowest BCUT2D eigenvalue weighted by atomic mass is 9.64. The fourth-order valence-corrected chi connectivity index (χ4v) is 12.0. The quantitative estimate of drug-likeness (QED) is 0.417. The van der Waals surface area contributed by atoms with Gasteiger partial charge in [0.1, 0.15) is 0 Å². The zero-order chi connectivity index (χ0) is 27.4. The van der Waals surface area contributed by atoms with Gasteiger partial charge in [-0.25, -0.2) is 0 Å². The number of nitriles is 4.